The molecule has 136 valence electrons. The van der Waals surface area contributed by atoms with Crippen LogP contribution in [0.5, 0.6) is 0 Å². The van der Waals surface area contributed by atoms with E-state index in [-0.39, 0.29) is 18.5 Å². The van der Waals surface area contributed by atoms with Crippen LogP contribution in [0.4, 0.5) is 4.79 Å². The van der Waals surface area contributed by atoms with Crippen molar-refractivity contribution in [1.29, 1.82) is 0 Å². The quantitative estimate of drug-likeness (QED) is 0.830. The Morgan fingerprint density at radius 3 is 2.72 bits per heavy atom. The average Bonchev–Trinajstić information content (AvgIpc) is 3.15. The molecule has 3 heterocycles. The van der Waals surface area contributed by atoms with E-state index < -0.39 is 5.54 Å². The van der Waals surface area contributed by atoms with Crippen molar-refractivity contribution < 1.29 is 9.59 Å². The fourth-order valence-electron chi connectivity index (χ4n) is 4.18. The van der Waals surface area contributed by atoms with E-state index >= 15 is 0 Å². The predicted octanol–water partition coefficient (Wildman–Crippen LogP) is 2.18. The Morgan fingerprint density at radius 2 is 1.96 bits per heavy atom. The minimum atomic E-state index is -0.680. The van der Waals surface area contributed by atoms with Gasteiger partial charge < -0.3 is 5.32 Å². The van der Waals surface area contributed by atoms with Gasteiger partial charge in [0.2, 0.25) is 0 Å². The number of imide groups is 1. The van der Waals surface area contributed by atoms with Gasteiger partial charge in [-0.15, -0.1) is 5.10 Å². The fourth-order valence-corrected chi connectivity index (χ4v) is 5.36. The second-order valence-corrected chi connectivity index (χ2v) is 8.68. The van der Waals surface area contributed by atoms with Crippen LogP contribution in [0.3, 0.4) is 0 Å². The zero-order valence-electron chi connectivity index (χ0n) is 14.4. The summed E-state index contributed by atoms with van der Waals surface area (Å²) in [5, 5.41) is 11.3. The van der Waals surface area contributed by atoms with Gasteiger partial charge in [-0.1, -0.05) is 24.5 Å². The van der Waals surface area contributed by atoms with Gasteiger partial charge in [0, 0.05) is 6.54 Å². The zero-order chi connectivity index (χ0) is 17.3. The highest BCUT2D eigenvalue weighted by Crippen LogP contribution is 2.33. The summed E-state index contributed by atoms with van der Waals surface area (Å²) in [6.45, 7) is 1.10. The van der Waals surface area contributed by atoms with Crippen LogP contribution in [0.2, 0.25) is 0 Å². The van der Waals surface area contributed by atoms with Crippen molar-refractivity contribution >= 4 is 23.7 Å². The third-order valence-electron chi connectivity index (χ3n) is 5.67. The predicted molar refractivity (Wildman–Crippen MR) is 95.0 cm³/mol. The van der Waals surface area contributed by atoms with Crippen molar-refractivity contribution in [2.45, 2.75) is 63.6 Å². The van der Waals surface area contributed by atoms with Crippen molar-refractivity contribution in [3.8, 4) is 0 Å². The topological polar surface area (TPSA) is 80.1 Å². The van der Waals surface area contributed by atoms with Crippen LogP contribution < -0.4 is 5.32 Å². The SMILES string of the molecule is O=C1NC2(CCSCC2)C(=O)N1Cc1cn(CC2CCCCC2)nn1. The summed E-state index contributed by atoms with van der Waals surface area (Å²) in [5.41, 5.74) is 0.00185. The first kappa shape index (κ1) is 16.9. The first-order valence-corrected chi connectivity index (χ1v) is 10.4. The van der Waals surface area contributed by atoms with E-state index in [1.807, 2.05) is 22.6 Å². The van der Waals surface area contributed by atoms with Crippen LogP contribution in [-0.2, 0) is 17.9 Å². The second kappa shape index (κ2) is 6.97. The van der Waals surface area contributed by atoms with Crippen LogP contribution >= 0.6 is 11.8 Å². The third-order valence-corrected chi connectivity index (χ3v) is 6.65. The molecule has 1 aromatic heterocycles. The molecule has 7 nitrogen and oxygen atoms in total. The Kier molecular flexibility index (Phi) is 4.71. The Morgan fingerprint density at radius 1 is 1.20 bits per heavy atom. The molecule has 2 aliphatic heterocycles. The highest BCUT2D eigenvalue weighted by Gasteiger charge is 2.51. The molecule has 0 atom stereocenters. The Balaban J connectivity index is 1.40. The maximum atomic E-state index is 12.8. The zero-order valence-corrected chi connectivity index (χ0v) is 15.3. The number of amides is 3. The molecule has 0 unspecified atom stereocenters. The monoisotopic (exact) mass is 363 g/mol. The molecule has 0 aromatic carbocycles. The molecule has 4 rings (SSSR count). The van der Waals surface area contributed by atoms with E-state index in [9.17, 15) is 9.59 Å². The summed E-state index contributed by atoms with van der Waals surface area (Å²) in [6.07, 6.45) is 9.76. The van der Waals surface area contributed by atoms with Gasteiger partial charge in [0.15, 0.2) is 0 Å². The Hall–Kier alpha value is -1.57. The molecule has 0 radical (unpaired) electrons. The van der Waals surface area contributed by atoms with E-state index in [4.69, 9.17) is 0 Å². The number of hydrogen-bond acceptors (Lipinski definition) is 5. The molecule has 25 heavy (non-hydrogen) atoms. The number of rotatable bonds is 4. The number of nitrogens with one attached hydrogen (secondary N) is 1. The second-order valence-electron chi connectivity index (χ2n) is 7.45. The molecule has 3 aliphatic rings. The Bertz CT molecular complexity index is 649. The summed E-state index contributed by atoms with van der Waals surface area (Å²) in [5.74, 6) is 2.40. The van der Waals surface area contributed by atoms with Crippen LogP contribution in [0.1, 0.15) is 50.6 Å². The number of hydrogen-bond donors (Lipinski definition) is 1. The molecule has 8 heteroatoms. The molecular formula is C17H25N5O2S. The molecule has 1 N–H and O–H groups in total. The third kappa shape index (κ3) is 3.41. The molecular weight excluding hydrogens is 338 g/mol. The van der Waals surface area contributed by atoms with Gasteiger partial charge in [0.05, 0.1) is 12.7 Å². The van der Waals surface area contributed by atoms with Crippen LogP contribution in [0.15, 0.2) is 6.20 Å². The highest BCUT2D eigenvalue weighted by atomic mass is 32.2. The van der Waals surface area contributed by atoms with E-state index in [1.165, 1.54) is 37.0 Å². The number of aromatic nitrogens is 3. The van der Waals surface area contributed by atoms with Gasteiger partial charge >= 0.3 is 6.03 Å². The lowest BCUT2D eigenvalue weighted by Crippen LogP contribution is -2.49. The van der Waals surface area contributed by atoms with Crippen molar-refractivity contribution in [3.63, 3.8) is 0 Å². The minimum Gasteiger partial charge on any atom is -0.323 e. The lowest BCUT2D eigenvalue weighted by atomic mass is 9.89. The number of carbonyl (C=O) groups is 2. The van der Waals surface area contributed by atoms with Crippen molar-refractivity contribution in [2.75, 3.05) is 11.5 Å². The Labute approximate surface area is 151 Å². The molecule has 1 aromatic rings. The molecule has 3 amide bonds. The summed E-state index contributed by atoms with van der Waals surface area (Å²) in [6, 6.07) is -0.293. The fraction of sp³-hybridized carbons (Fsp3) is 0.765. The first-order valence-electron chi connectivity index (χ1n) is 9.27. The van der Waals surface area contributed by atoms with Crippen LogP contribution in [0, 0.1) is 5.92 Å². The minimum absolute atomic E-state index is 0.0976. The molecule has 1 aliphatic carbocycles. The highest BCUT2D eigenvalue weighted by molar-refractivity contribution is 7.99. The molecule has 1 saturated carbocycles. The summed E-state index contributed by atoms with van der Waals surface area (Å²) >= 11 is 1.84. The van der Waals surface area contributed by atoms with E-state index in [1.54, 1.807) is 0 Å². The standard InChI is InChI=1S/C17H25N5O2S/c23-15-17(6-8-25-9-7-17)18-16(24)22(15)12-14-11-21(20-19-14)10-13-4-2-1-3-5-13/h11,13H,1-10,12H2,(H,18,24). The number of thioether (sulfide) groups is 1. The van der Waals surface area contributed by atoms with Gasteiger partial charge in [-0.25, -0.2) is 4.79 Å². The van der Waals surface area contributed by atoms with Gasteiger partial charge in [0.1, 0.15) is 11.2 Å². The lowest BCUT2D eigenvalue weighted by molar-refractivity contribution is -0.132. The van der Waals surface area contributed by atoms with Gasteiger partial charge in [-0.3, -0.25) is 14.4 Å². The van der Waals surface area contributed by atoms with Crippen molar-refractivity contribution in [2.24, 2.45) is 5.92 Å². The lowest BCUT2D eigenvalue weighted by Gasteiger charge is -2.30. The molecule has 0 bridgehead atoms. The van der Waals surface area contributed by atoms with Crippen LogP contribution in [-0.4, -0.2) is 48.9 Å². The first-order chi connectivity index (χ1) is 12.2. The molecule has 1 spiro atoms. The maximum Gasteiger partial charge on any atom is 0.325 e. The number of urea groups is 1. The van der Waals surface area contributed by atoms with Crippen LogP contribution in [0.25, 0.3) is 0 Å². The normalized spacial score (nSPS) is 24.1. The summed E-state index contributed by atoms with van der Waals surface area (Å²) < 4.78 is 1.87. The number of carbonyl (C=O) groups excluding carboxylic acids is 2. The van der Waals surface area contributed by atoms with E-state index in [0.717, 1.165) is 18.1 Å². The maximum absolute atomic E-state index is 12.8. The van der Waals surface area contributed by atoms with Crippen molar-refractivity contribution in [3.05, 3.63) is 11.9 Å². The summed E-state index contributed by atoms with van der Waals surface area (Å²) in [4.78, 5) is 26.4. The average molecular weight is 363 g/mol. The summed E-state index contributed by atoms with van der Waals surface area (Å²) in [7, 11) is 0. The smallest absolute Gasteiger partial charge is 0.323 e. The van der Waals surface area contributed by atoms with E-state index in [2.05, 4.69) is 15.6 Å². The largest absolute Gasteiger partial charge is 0.325 e. The number of nitrogens with zero attached hydrogens (tertiary/aromatic N) is 4. The molecule has 3 fully saturated rings. The van der Waals surface area contributed by atoms with Gasteiger partial charge in [0.25, 0.3) is 5.91 Å². The van der Waals surface area contributed by atoms with Gasteiger partial charge in [-0.2, -0.15) is 11.8 Å². The van der Waals surface area contributed by atoms with Crippen molar-refractivity contribution in [1.82, 2.24) is 25.2 Å². The van der Waals surface area contributed by atoms with E-state index in [0.29, 0.717) is 24.5 Å². The molecule has 2 saturated heterocycles. The van der Waals surface area contributed by atoms with Gasteiger partial charge in [-0.05, 0) is 43.1 Å².